The van der Waals surface area contributed by atoms with Gasteiger partial charge in [-0.1, -0.05) is 37.3 Å². The van der Waals surface area contributed by atoms with Crippen LogP contribution in [-0.2, 0) is 10.2 Å². The lowest BCUT2D eigenvalue weighted by Crippen LogP contribution is -2.55. The fourth-order valence-electron chi connectivity index (χ4n) is 3.73. The van der Waals surface area contributed by atoms with E-state index < -0.39 is 5.41 Å². The van der Waals surface area contributed by atoms with Crippen LogP contribution in [0.5, 0.6) is 0 Å². The van der Waals surface area contributed by atoms with E-state index in [1.54, 1.807) is 36.2 Å². The Morgan fingerprint density at radius 2 is 1.93 bits per heavy atom. The molecule has 1 aromatic heterocycles. The number of amides is 1. The van der Waals surface area contributed by atoms with E-state index in [1.165, 1.54) is 4.90 Å². The van der Waals surface area contributed by atoms with Crippen molar-refractivity contribution in [1.29, 1.82) is 10.7 Å². The Hall–Kier alpha value is -2.88. The van der Waals surface area contributed by atoms with Crippen LogP contribution in [0.3, 0.4) is 0 Å². The summed E-state index contributed by atoms with van der Waals surface area (Å²) in [7, 11) is 1.69. The zero-order valence-electron chi connectivity index (χ0n) is 16.8. The van der Waals surface area contributed by atoms with E-state index in [0.717, 1.165) is 20.9 Å². The molecule has 6 heteroatoms. The van der Waals surface area contributed by atoms with E-state index in [9.17, 15) is 10.1 Å². The normalized spacial score (nSPS) is 21.5. The third-order valence-electron chi connectivity index (χ3n) is 5.56. The van der Waals surface area contributed by atoms with Gasteiger partial charge in [-0.15, -0.1) is 23.1 Å². The first-order chi connectivity index (χ1) is 14.4. The first-order valence-electron chi connectivity index (χ1n) is 9.58. The number of benzene rings is 2. The summed E-state index contributed by atoms with van der Waals surface area (Å²) in [5.41, 5.74) is 2.16. The van der Waals surface area contributed by atoms with Gasteiger partial charge in [-0.25, -0.2) is 0 Å². The molecule has 4 nitrogen and oxygen atoms in total. The molecule has 30 heavy (non-hydrogen) atoms. The SMILES string of the molecule is CN1C(=N)C[C@](C)(c2cc(-c3cccc(C#N)c3)cs2)C(Sc2ccccc2)C1=O. The zero-order valence-corrected chi connectivity index (χ0v) is 18.4. The van der Waals surface area contributed by atoms with Crippen LogP contribution in [-0.4, -0.2) is 28.9 Å². The Labute approximate surface area is 184 Å². The van der Waals surface area contributed by atoms with Crippen LogP contribution in [0.2, 0.25) is 0 Å². The van der Waals surface area contributed by atoms with Gasteiger partial charge in [0.1, 0.15) is 5.84 Å². The number of carbonyl (C=O) groups excluding carboxylic acids is 1. The lowest BCUT2D eigenvalue weighted by Gasteiger charge is -2.43. The van der Waals surface area contributed by atoms with Crippen LogP contribution in [0, 0.1) is 16.7 Å². The second-order valence-corrected chi connectivity index (χ2v) is 9.73. The van der Waals surface area contributed by atoms with Crippen molar-refractivity contribution in [2.24, 2.45) is 0 Å². The Balaban J connectivity index is 1.74. The quantitative estimate of drug-likeness (QED) is 0.589. The topological polar surface area (TPSA) is 68.0 Å². The fraction of sp³-hybridized carbons (Fsp3) is 0.208. The lowest BCUT2D eigenvalue weighted by atomic mass is 9.77. The number of piperidine rings is 1. The largest absolute Gasteiger partial charge is 0.303 e. The molecule has 1 unspecified atom stereocenters. The molecule has 1 amide bonds. The maximum absolute atomic E-state index is 13.2. The van der Waals surface area contributed by atoms with Gasteiger partial charge in [-0.3, -0.25) is 10.2 Å². The molecule has 2 heterocycles. The minimum Gasteiger partial charge on any atom is -0.303 e. The number of carbonyl (C=O) groups is 1. The lowest BCUT2D eigenvalue weighted by molar-refractivity contribution is -0.128. The highest BCUT2D eigenvalue weighted by Gasteiger charge is 2.49. The van der Waals surface area contributed by atoms with Crippen LogP contribution in [0.4, 0.5) is 0 Å². The first-order valence-corrected chi connectivity index (χ1v) is 11.3. The van der Waals surface area contributed by atoms with Crippen LogP contribution >= 0.6 is 23.1 Å². The van der Waals surface area contributed by atoms with Crippen molar-refractivity contribution < 1.29 is 4.79 Å². The predicted molar refractivity (Wildman–Crippen MR) is 123 cm³/mol. The van der Waals surface area contributed by atoms with Crippen molar-refractivity contribution in [3.8, 4) is 17.2 Å². The highest BCUT2D eigenvalue weighted by Crippen LogP contribution is 2.47. The summed E-state index contributed by atoms with van der Waals surface area (Å²) in [5.74, 6) is 0.304. The van der Waals surface area contributed by atoms with E-state index in [4.69, 9.17) is 5.41 Å². The average Bonchev–Trinajstić information content (AvgIpc) is 3.27. The molecule has 4 rings (SSSR count). The Kier molecular flexibility index (Phi) is 5.50. The van der Waals surface area contributed by atoms with Gasteiger partial charge < -0.3 is 4.90 Å². The van der Waals surface area contributed by atoms with Gasteiger partial charge in [0.05, 0.1) is 16.9 Å². The summed E-state index contributed by atoms with van der Waals surface area (Å²) >= 11 is 3.19. The van der Waals surface area contributed by atoms with E-state index in [-0.39, 0.29) is 11.2 Å². The van der Waals surface area contributed by atoms with Crippen molar-refractivity contribution in [2.75, 3.05) is 7.05 Å². The molecule has 0 saturated carbocycles. The van der Waals surface area contributed by atoms with Gasteiger partial charge in [-0.2, -0.15) is 5.26 Å². The van der Waals surface area contributed by atoms with E-state index >= 15 is 0 Å². The Bertz CT molecular complexity index is 1150. The smallest absolute Gasteiger partial charge is 0.242 e. The Morgan fingerprint density at radius 3 is 2.67 bits per heavy atom. The van der Waals surface area contributed by atoms with Crippen molar-refractivity contribution >= 4 is 34.8 Å². The maximum Gasteiger partial charge on any atom is 0.242 e. The van der Waals surface area contributed by atoms with Crippen LogP contribution in [0.25, 0.3) is 11.1 Å². The minimum absolute atomic E-state index is 0.0379. The second-order valence-electron chi connectivity index (χ2n) is 7.64. The first kappa shape index (κ1) is 20.4. The molecule has 3 aromatic rings. The zero-order chi connectivity index (χ0) is 21.3. The minimum atomic E-state index is -0.489. The summed E-state index contributed by atoms with van der Waals surface area (Å²) < 4.78 is 0. The number of hydrogen-bond donors (Lipinski definition) is 1. The third-order valence-corrected chi connectivity index (χ3v) is 8.27. The van der Waals surface area contributed by atoms with Crippen LogP contribution in [0.1, 0.15) is 23.8 Å². The number of hydrogen-bond acceptors (Lipinski definition) is 5. The monoisotopic (exact) mass is 431 g/mol. The van der Waals surface area contributed by atoms with E-state index in [1.807, 2.05) is 48.5 Å². The molecule has 0 bridgehead atoms. The molecule has 0 radical (unpaired) electrons. The highest BCUT2D eigenvalue weighted by atomic mass is 32.2. The maximum atomic E-state index is 13.2. The number of nitriles is 1. The molecule has 0 aliphatic carbocycles. The van der Waals surface area contributed by atoms with Gasteiger partial charge in [0.25, 0.3) is 0 Å². The van der Waals surface area contributed by atoms with Gasteiger partial charge >= 0.3 is 0 Å². The molecular formula is C24H21N3OS2. The third kappa shape index (κ3) is 3.67. The number of thioether (sulfide) groups is 1. The van der Waals surface area contributed by atoms with Crippen LogP contribution < -0.4 is 0 Å². The molecule has 1 saturated heterocycles. The van der Waals surface area contributed by atoms with Crippen molar-refractivity contribution in [3.05, 3.63) is 76.5 Å². The number of likely N-dealkylation sites (tertiary alicyclic amines) is 1. The molecule has 2 atom stereocenters. The molecule has 0 spiro atoms. The molecule has 150 valence electrons. The summed E-state index contributed by atoms with van der Waals surface area (Å²) in [6, 6.07) is 21.8. The molecule has 1 aliphatic heterocycles. The average molecular weight is 432 g/mol. The molecule has 1 N–H and O–H groups in total. The van der Waals surface area contributed by atoms with Gasteiger partial charge in [0, 0.05) is 28.7 Å². The van der Waals surface area contributed by atoms with E-state index in [0.29, 0.717) is 17.8 Å². The fourth-order valence-corrected chi connectivity index (χ4v) is 6.23. The summed E-state index contributed by atoms with van der Waals surface area (Å²) in [5, 5.41) is 19.3. The summed E-state index contributed by atoms with van der Waals surface area (Å²) in [4.78, 5) is 16.8. The predicted octanol–water partition coefficient (Wildman–Crippen LogP) is 5.54. The van der Waals surface area contributed by atoms with Gasteiger partial charge in [-0.05, 0) is 46.8 Å². The van der Waals surface area contributed by atoms with E-state index in [2.05, 4.69) is 24.4 Å². The number of nitrogens with zero attached hydrogens (tertiary/aromatic N) is 2. The summed E-state index contributed by atoms with van der Waals surface area (Å²) in [6.07, 6.45) is 0.498. The van der Waals surface area contributed by atoms with Gasteiger partial charge in [0.15, 0.2) is 0 Å². The molecule has 1 aliphatic rings. The standard InChI is InChI=1S/C24H21N3OS2/c1-24(20-12-18(15-29-20)17-8-6-7-16(11-17)14-25)13-21(26)27(2)23(28)22(24)30-19-9-4-3-5-10-19/h3-12,15,22,26H,13H2,1-2H3/t22?,24-/m1/s1. The van der Waals surface area contributed by atoms with Crippen LogP contribution in [0.15, 0.2) is 70.9 Å². The van der Waals surface area contributed by atoms with Crippen molar-refractivity contribution in [2.45, 2.75) is 28.9 Å². The number of rotatable bonds is 4. The second kappa shape index (κ2) is 8.10. The number of thiophene rings is 1. The Morgan fingerprint density at radius 1 is 1.17 bits per heavy atom. The van der Waals surface area contributed by atoms with Crippen molar-refractivity contribution in [1.82, 2.24) is 4.90 Å². The molecular weight excluding hydrogens is 410 g/mol. The highest BCUT2D eigenvalue weighted by molar-refractivity contribution is 8.00. The summed E-state index contributed by atoms with van der Waals surface area (Å²) in [6.45, 7) is 2.09. The number of amidine groups is 1. The van der Waals surface area contributed by atoms with Gasteiger partial charge in [0.2, 0.25) is 5.91 Å². The molecule has 1 fully saturated rings. The number of nitrogens with one attached hydrogen (secondary N) is 1. The molecule has 2 aromatic carbocycles. The van der Waals surface area contributed by atoms with Crippen molar-refractivity contribution in [3.63, 3.8) is 0 Å².